The number of anilines is 2. The molecule has 18 heavy (non-hydrogen) atoms. The maximum Gasteiger partial charge on any atom is 0.124 e. The minimum absolute atomic E-state index is 0.278. The number of hydrogen-bond donors (Lipinski definition) is 2. The average molecular weight is 434 g/mol. The van der Waals surface area contributed by atoms with E-state index in [0.29, 0.717) is 5.69 Å². The van der Waals surface area contributed by atoms with Gasteiger partial charge in [0.2, 0.25) is 0 Å². The number of pyridine rings is 1. The number of thiocarbonyl (C=S) groups is 1. The number of hydrogen-bond acceptors (Lipinski definition) is 3. The molecule has 0 saturated heterocycles. The van der Waals surface area contributed by atoms with Gasteiger partial charge in [-0.25, -0.2) is 0 Å². The van der Waals surface area contributed by atoms with Crippen molar-refractivity contribution >= 4 is 67.1 Å². The van der Waals surface area contributed by atoms with Gasteiger partial charge in [0.1, 0.15) is 10.7 Å². The third kappa shape index (κ3) is 3.18. The molecule has 2 aromatic rings. The van der Waals surface area contributed by atoms with Crippen LogP contribution in [0.4, 0.5) is 11.4 Å². The first kappa shape index (κ1) is 13.7. The lowest BCUT2D eigenvalue weighted by atomic mass is 10.2. The zero-order valence-corrected chi connectivity index (χ0v) is 13.7. The van der Waals surface area contributed by atoms with Crippen LogP contribution in [-0.2, 0) is 0 Å². The number of aromatic nitrogens is 1. The Morgan fingerprint density at radius 2 is 2.11 bits per heavy atom. The quantitative estimate of drug-likeness (QED) is 0.570. The van der Waals surface area contributed by atoms with Gasteiger partial charge in [0, 0.05) is 14.2 Å². The Balaban J connectivity index is 2.40. The summed E-state index contributed by atoms with van der Waals surface area (Å²) in [5.74, 6) is 0. The Labute approximate surface area is 132 Å². The van der Waals surface area contributed by atoms with Gasteiger partial charge in [-0.2, -0.15) is 0 Å². The van der Waals surface area contributed by atoms with Crippen molar-refractivity contribution in [1.82, 2.24) is 4.98 Å². The Bertz CT molecular complexity index is 604. The molecule has 92 valence electrons. The monoisotopic (exact) mass is 433 g/mol. The molecule has 0 fully saturated rings. The number of nitrogens with zero attached hydrogens (tertiary/aromatic N) is 1. The largest absolute Gasteiger partial charge is 0.388 e. The van der Waals surface area contributed by atoms with Crippen LogP contribution in [0.3, 0.4) is 0 Å². The maximum absolute atomic E-state index is 5.65. The van der Waals surface area contributed by atoms with Crippen molar-refractivity contribution < 1.29 is 0 Å². The number of rotatable bonds is 3. The minimum atomic E-state index is 0.278. The predicted molar refractivity (Wildman–Crippen MR) is 90.3 cm³/mol. The Kier molecular flexibility index (Phi) is 4.52. The summed E-state index contributed by atoms with van der Waals surface area (Å²) in [6, 6.07) is 9.77. The molecule has 0 radical (unpaired) electrons. The highest BCUT2D eigenvalue weighted by atomic mass is 127. The molecular weight excluding hydrogens is 425 g/mol. The number of halogens is 2. The zero-order valence-electron chi connectivity index (χ0n) is 9.15. The Morgan fingerprint density at radius 3 is 2.83 bits per heavy atom. The van der Waals surface area contributed by atoms with Gasteiger partial charge in [0.15, 0.2) is 0 Å². The van der Waals surface area contributed by atoms with Crippen LogP contribution in [0.15, 0.2) is 41.0 Å². The fourth-order valence-electron chi connectivity index (χ4n) is 1.44. The van der Waals surface area contributed by atoms with Crippen LogP contribution >= 0.6 is 50.7 Å². The molecule has 0 bridgehead atoms. The zero-order chi connectivity index (χ0) is 13.1. The molecule has 2 rings (SSSR count). The minimum Gasteiger partial charge on any atom is -0.388 e. The lowest BCUT2D eigenvalue weighted by Crippen LogP contribution is -2.13. The molecule has 0 spiro atoms. The molecule has 6 heteroatoms. The maximum atomic E-state index is 5.65. The number of benzene rings is 1. The third-order valence-corrected chi connectivity index (χ3v) is 3.79. The summed E-state index contributed by atoms with van der Waals surface area (Å²) in [7, 11) is 0. The van der Waals surface area contributed by atoms with Gasteiger partial charge in [-0.15, -0.1) is 0 Å². The predicted octanol–water partition coefficient (Wildman–Crippen LogP) is 3.83. The molecule has 3 N–H and O–H groups in total. The lowest BCUT2D eigenvalue weighted by Gasteiger charge is -2.12. The van der Waals surface area contributed by atoms with Crippen molar-refractivity contribution in [3.05, 3.63) is 50.3 Å². The summed E-state index contributed by atoms with van der Waals surface area (Å²) in [4.78, 5) is 4.46. The fraction of sp³-hybridized carbons (Fsp3) is 0. The normalized spacial score (nSPS) is 10.1. The van der Waals surface area contributed by atoms with E-state index in [4.69, 9.17) is 18.0 Å². The van der Waals surface area contributed by atoms with E-state index in [2.05, 4.69) is 48.8 Å². The van der Waals surface area contributed by atoms with E-state index in [1.54, 1.807) is 6.20 Å². The SMILES string of the molecule is NC(=S)c1ncccc1Nc1cc(I)ccc1Br. The van der Waals surface area contributed by atoms with Crippen LogP contribution in [0.2, 0.25) is 0 Å². The van der Waals surface area contributed by atoms with Crippen LogP contribution in [0.5, 0.6) is 0 Å². The van der Waals surface area contributed by atoms with Crippen molar-refractivity contribution in [2.45, 2.75) is 0 Å². The first-order chi connectivity index (χ1) is 8.58. The van der Waals surface area contributed by atoms with E-state index >= 15 is 0 Å². The molecule has 0 aliphatic carbocycles. The van der Waals surface area contributed by atoms with Crippen LogP contribution in [0.1, 0.15) is 5.69 Å². The van der Waals surface area contributed by atoms with Crippen LogP contribution in [0.25, 0.3) is 0 Å². The molecule has 0 saturated carbocycles. The van der Waals surface area contributed by atoms with Gasteiger partial charge in [-0.3, -0.25) is 4.98 Å². The summed E-state index contributed by atoms with van der Waals surface area (Å²) >= 11 is 10.7. The molecular formula is C12H9BrIN3S. The summed E-state index contributed by atoms with van der Waals surface area (Å²) in [5.41, 5.74) is 8.00. The first-order valence-electron chi connectivity index (χ1n) is 5.05. The highest BCUT2D eigenvalue weighted by molar-refractivity contribution is 14.1. The van der Waals surface area contributed by atoms with Crippen LogP contribution in [-0.4, -0.2) is 9.97 Å². The van der Waals surface area contributed by atoms with E-state index in [1.165, 1.54) is 0 Å². The van der Waals surface area contributed by atoms with E-state index in [9.17, 15) is 0 Å². The Morgan fingerprint density at radius 1 is 1.33 bits per heavy atom. The van der Waals surface area contributed by atoms with Gasteiger partial charge in [-0.1, -0.05) is 12.2 Å². The lowest BCUT2D eigenvalue weighted by molar-refractivity contribution is 1.28. The van der Waals surface area contributed by atoms with E-state index in [0.717, 1.165) is 19.4 Å². The molecule has 0 aliphatic heterocycles. The first-order valence-corrected chi connectivity index (χ1v) is 7.33. The molecule has 1 aromatic carbocycles. The summed E-state index contributed by atoms with van der Waals surface area (Å²) in [6.45, 7) is 0. The highest BCUT2D eigenvalue weighted by Crippen LogP contribution is 2.28. The van der Waals surface area contributed by atoms with Gasteiger partial charge >= 0.3 is 0 Å². The number of nitrogens with one attached hydrogen (secondary N) is 1. The molecule has 1 heterocycles. The Hall–Kier alpha value is -0.730. The van der Waals surface area contributed by atoms with Gasteiger partial charge < -0.3 is 11.1 Å². The molecule has 0 unspecified atom stereocenters. The molecule has 1 aromatic heterocycles. The van der Waals surface area contributed by atoms with E-state index < -0.39 is 0 Å². The second-order valence-corrected chi connectivity index (χ2v) is 6.05. The van der Waals surface area contributed by atoms with Crippen LogP contribution in [0, 0.1) is 3.57 Å². The van der Waals surface area contributed by atoms with Crippen LogP contribution < -0.4 is 11.1 Å². The molecule has 3 nitrogen and oxygen atoms in total. The number of nitrogens with two attached hydrogens (primary N) is 1. The molecule has 0 atom stereocenters. The fourth-order valence-corrected chi connectivity index (χ4v) is 2.44. The highest BCUT2D eigenvalue weighted by Gasteiger charge is 2.08. The standard InChI is InChI=1S/C12H9BrIN3S/c13-8-4-3-7(14)6-10(8)17-9-2-1-5-16-11(9)12(15)18/h1-6,17H,(H2,15,18). The van der Waals surface area contributed by atoms with Gasteiger partial charge in [-0.05, 0) is 68.9 Å². The van der Waals surface area contributed by atoms with Gasteiger partial charge in [0.05, 0.1) is 11.4 Å². The van der Waals surface area contributed by atoms with Crippen molar-refractivity contribution in [2.75, 3.05) is 5.32 Å². The van der Waals surface area contributed by atoms with Crippen molar-refractivity contribution in [2.24, 2.45) is 5.73 Å². The average Bonchev–Trinajstić information content (AvgIpc) is 2.34. The second kappa shape index (κ2) is 5.94. The summed E-state index contributed by atoms with van der Waals surface area (Å²) in [5, 5.41) is 3.28. The van der Waals surface area contributed by atoms with Crippen molar-refractivity contribution in [3.8, 4) is 0 Å². The smallest absolute Gasteiger partial charge is 0.124 e. The van der Waals surface area contributed by atoms with E-state index in [-0.39, 0.29) is 4.99 Å². The summed E-state index contributed by atoms with van der Waals surface area (Å²) < 4.78 is 2.11. The second-order valence-electron chi connectivity index (χ2n) is 3.51. The molecule has 0 amide bonds. The topological polar surface area (TPSA) is 50.9 Å². The van der Waals surface area contributed by atoms with Gasteiger partial charge in [0.25, 0.3) is 0 Å². The van der Waals surface area contributed by atoms with Crippen molar-refractivity contribution in [3.63, 3.8) is 0 Å². The summed E-state index contributed by atoms with van der Waals surface area (Å²) in [6.07, 6.45) is 1.67. The molecule has 0 aliphatic rings. The van der Waals surface area contributed by atoms with E-state index in [1.807, 2.05) is 30.3 Å². The third-order valence-electron chi connectivity index (χ3n) is 2.24. The van der Waals surface area contributed by atoms with Crippen molar-refractivity contribution in [1.29, 1.82) is 0 Å².